The Balaban J connectivity index is 1.46. The molecule has 2 aromatic heterocycles. The molecule has 0 unspecified atom stereocenters. The number of carbonyl (C=O) groups excluding carboxylic acids is 1. The molecule has 0 radical (unpaired) electrons. The lowest BCUT2D eigenvalue weighted by Gasteiger charge is -2.10. The number of aryl methyl sites for hydroxylation is 1. The first kappa shape index (κ1) is 19.5. The number of alkyl halides is 3. The van der Waals surface area contributed by atoms with Crippen molar-refractivity contribution in [2.45, 2.75) is 25.9 Å². The highest BCUT2D eigenvalue weighted by molar-refractivity contribution is 5.92. The van der Waals surface area contributed by atoms with Crippen molar-refractivity contribution in [3.8, 4) is 5.75 Å². The Bertz CT molecular complexity index is 906. The fourth-order valence-electron chi connectivity index (χ4n) is 2.42. The predicted octanol–water partition coefficient (Wildman–Crippen LogP) is 2.96. The van der Waals surface area contributed by atoms with Gasteiger partial charge in [0.2, 0.25) is 0 Å². The van der Waals surface area contributed by atoms with Crippen molar-refractivity contribution < 1.29 is 22.7 Å². The van der Waals surface area contributed by atoms with Gasteiger partial charge in [-0.1, -0.05) is 6.07 Å². The Morgan fingerprint density at radius 1 is 1.14 bits per heavy atom. The molecule has 3 aromatic rings. The predicted molar refractivity (Wildman–Crippen MR) is 93.5 cm³/mol. The van der Waals surface area contributed by atoms with E-state index in [1.807, 2.05) is 12.3 Å². The number of ether oxygens (including phenoxy) is 1. The molecule has 148 valence electrons. The minimum atomic E-state index is -4.44. The number of carbonyl (C=O) groups is 1. The summed E-state index contributed by atoms with van der Waals surface area (Å²) in [7, 11) is 0. The van der Waals surface area contributed by atoms with Crippen LogP contribution >= 0.6 is 0 Å². The van der Waals surface area contributed by atoms with E-state index in [4.69, 9.17) is 4.74 Å². The lowest BCUT2D eigenvalue weighted by molar-refractivity contribution is -0.137. The molecular weight excluding hydrogens is 375 g/mol. The SMILES string of the molecule is O=C(NCCCn1cccn1)c1ccn(COc2cccc(C(F)(F)F)c2)n1. The molecule has 0 aliphatic rings. The summed E-state index contributed by atoms with van der Waals surface area (Å²) in [5, 5.41) is 10.9. The zero-order chi connectivity index (χ0) is 20.0. The Kier molecular flexibility index (Phi) is 5.97. The molecule has 10 heteroatoms. The van der Waals surface area contributed by atoms with E-state index >= 15 is 0 Å². The number of hydrogen-bond acceptors (Lipinski definition) is 4. The van der Waals surface area contributed by atoms with Crippen molar-refractivity contribution in [3.63, 3.8) is 0 Å². The average molecular weight is 393 g/mol. The standard InChI is InChI=1S/C18H18F3N5O2/c19-18(20,21)14-4-1-5-15(12-14)28-13-26-11-6-16(24-26)17(27)22-7-2-9-25-10-3-8-23-25/h1,3-6,8,10-12H,2,7,9,13H2,(H,22,27). The van der Waals surface area contributed by atoms with Crippen LogP contribution in [-0.2, 0) is 19.5 Å². The molecule has 1 aromatic carbocycles. The molecule has 0 bridgehead atoms. The molecule has 1 N–H and O–H groups in total. The maximum absolute atomic E-state index is 12.7. The van der Waals surface area contributed by atoms with Gasteiger partial charge in [0.15, 0.2) is 6.73 Å². The van der Waals surface area contributed by atoms with E-state index in [-0.39, 0.29) is 24.1 Å². The topological polar surface area (TPSA) is 74.0 Å². The summed E-state index contributed by atoms with van der Waals surface area (Å²) in [6, 6.07) is 7.91. The molecule has 3 rings (SSSR count). The Morgan fingerprint density at radius 2 is 2.00 bits per heavy atom. The fourth-order valence-corrected chi connectivity index (χ4v) is 2.42. The third-order valence-electron chi connectivity index (χ3n) is 3.81. The first-order chi connectivity index (χ1) is 13.4. The van der Waals surface area contributed by atoms with Gasteiger partial charge in [-0.25, -0.2) is 4.68 Å². The summed E-state index contributed by atoms with van der Waals surface area (Å²) >= 11 is 0. The summed E-state index contributed by atoms with van der Waals surface area (Å²) in [6.07, 6.45) is 1.33. The third-order valence-corrected chi connectivity index (χ3v) is 3.81. The molecule has 2 heterocycles. The van der Waals surface area contributed by atoms with Crippen LogP contribution in [0, 0.1) is 0 Å². The van der Waals surface area contributed by atoms with Gasteiger partial charge < -0.3 is 10.1 Å². The molecule has 28 heavy (non-hydrogen) atoms. The van der Waals surface area contributed by atoms with Crippen LogP contribution in [0.25, 0.3) is 0 Å². The summed E-state index contributed by atoms with van der Waals surface area (Å²) in [5.74, 6) is -0.270. The van der Waals surface area contributed by atoms with Gasteiger partial charge in [-0.15, -0.1) is 0 Å². The van der Waals surface area contributed by atoms with Gasteiger partial charge in [-0.05, 0) is 36.8 Å². The van der Waals surface area contributed by atoms with E-state index in [1.54, 1.807) is 10.9 Å². The zero-order valence-corrected chi connectivity index (χ0v) is 14.8. The van der Waals surface area contributed by atoms with Gasteiger partial charge in [-0.2, -0.15) is 23.4 Å². The van der Waals surface area contributed by atoms with Crippen LogP contribution in [0.3, 0.4) is 0 Å². The van der Waals surface area contributed by atoms with Crippen LogP contribution in [0.5, 0.6) is 5.75 Å². The fraction of sp³-hybridized carbons (Fsp3) is 0.278. The molecule has 0 fully saturated rings. The minimum absolute atomic E-state index is 0.0648. The van der Waals surface area contributed by atoms with Crippen molar-refractivity contribution in [2.75, 3.05) is 6.54 Å². The number of amides is 1. The summed E-state index contributed by atoms with van der Waals surface area (Å²) in [4.78, 5) is 12.1. The molecule has 0 atom stereocenters. The summed E-state index contributed by atoms with van der Waals surface area (Å²) < 4.78 is 46.5. The normalized spacial score (nSPS) is 11.4. The van der Waals surface area contributed by atoms with Gasteiger partial charge in [0.05, 0.1) is 5.56 Å². The number of rotatable bonds is 8. The van der Waals surface area contributed by atoms with Gasteiger partial charge in [-0.3, -0.25) is 9.48 Å². The van der Waals surface area contributed by atoms with E-state index in [2.05, 4.69) is 15.5 Å². The van der Waals surface area contributed by atoms with E-state index < -0.39 is 11.7 Å². The van der Waals surface area contributed by atoms with Crippen molar-refractivity contribution in [3.05, 3.63) is 66.2 Å². The van der Waals surface area contributed by atoms with E-state index in [1.165, 1.54) is 29.1 Å². The van der Waals surface area contributed by atoms with Crippen molar-refractivity contribution in [1.82, 2.24) is 24.9 Å². The Morgan fingerprint density at radius 3 is 2.75 bits per heavy atom. The number of nitrogens with zero attached hydrogens (tertiary/aromatic N) is 4. The maximum atomic E-state index is 12.7. The maximum Gasteiger partial charge on any atom is 0.416 e. The van der Waals surface area contributed by atoms with E-state index in [0.29, 0.717) is 19.5 Å². The van der Waals surface area contributed by atoms with Crippen molar-refractivity contribution >= 4 is 5.91 Å². The monoisotopic (exact) mass is 393 g/mol. The molecule has 0 aliphatic heterocycles. The molecule has 0 aliphatic carbocycles. The number of aromatic nitrogens is 4. The van der Waals surface area contributed by atoms with Gasteiger partial charge in [0.1, 0.15) is 11.4 Å². The second-order valence-corrected chi connectivity index (χ2v) is 5.92. The number of hydrogen-bond donors (Lipinski definition) is 1. The van der Waals surface area contributed by atoms with Gasteiger partial charge in [0.25, 0.3) is 5.91 Å². The van der Waals surface area contributed by atoms with Crippen LogP contribution < -0.4 is 10.1 Å². The first-order valence-electron chi connectivity index (χ1n) is 8.51. The van der Waals surface area contributed by atoms with Gasteiger partial charge in [0, 0.05) is 31.7 Å². The van der Waals surface area contributed by atoms with Crippen LogP contribution in [0.4, 0.5) is 13.2 Å². The number of nitrogens with one attached hydrogen (secondary N) is 1. The second kappa shape index (κ2) is 8.59. The molecule has 1 amide bonds. The van der Waals surface area contributed by atoms with Crippen LogP contribution in [0.15, 0.2) is 55.0 Å². The Hall–Kier alpha value is -3.30. The first-order valence-corrected chi connectivity index (χ1v) is 8.51. The van der Waals surface area contributed by atoms with Crippen LogP contribution in [0.1, 0.15) is 22.5 Å². The van der Waals surface area contributed by atoms with Crippen LogP contribution in [-0.4, -0.2) is 32.0 Å². The summed E-state index contributed by atoms with van der Waals surface area (Å²) in [6.45, 7) is 1.03. The summed E-state index contributed by atoms with van der Waals surface area (Å²) in [5.41, 5.74) is -0.590. The average Bonchev–Trinajstić information content (AvgIpc) is 3.35. The largest absolute Gasteiger partial charge is 0.471 e. The molecule has 0 saturated heterocycles. The van der Waals surface area contributed by atoms with E-state index in [0.717, 1.165) is 12.1 Å². The lowest BCUT2D eigenvalue weighted by atomic mass is 10.2. The van der Waals surface area contributed by atoms with Crippen LogP contribution in [0.2, 0.25) is 0 Å². The molecule has 7 nitrogen and oxygen atoms in total. The second-order valence-electron chi connectivity index (χ2n) is 5.92. The molecular formula is C18H18F3N5O2. The smallest absolute Gasteiger partial charge is 0.416 e. The quantitative estimate of drug-likeness (QED) is 0.597. The minimum Gasteiger partial charge on any atom is -0.471 e. The Labute approximate surface area is 158 Å². The highest BCUT2D eigenvalue weighted by atomic mass is 19.4. The number of halogens is 3. The highest BCUT2D eigenvalue weighted by Gasteiger charge is 2.30. The zero-order valence-electron chi connectivity index (χ0n) is 14.8. The number of benzene rings is 1. The molecule has 0 spiro atoms. The highest BCUT2D eigenvalue weighted by Crippen LogP contribution is 2.31. The van der Waals surface area contributed by atoms with Crippen molar-refractivity contribution in [1.29, 1.82) is 0 Å². The lowest BCUT2D eigenvalue weighted by Crippen LogP contribution is -2.26. The van der Waals surface area contributed by atoms with E-state index in [9.17, 15) is 18.0 Å². The van der Waals surface area contributed by atoms with Gasteiger partial charge >= 0.3 is 6.18 Å². The van der Waals surface area contributed by atoms with Crippen molar-refractivity contribution in [2.24, 2.45) is 0 Å². The molecule has 0 saturated carbocycles. The third kappa shape index (κ3) is 5.35.